The molecule has 4 nitrogen and oxygen atoms in total. The van der Waals surface area contributed by atoms with Crippen molar-refractivity contribution in [3.8, 4) is 5.75 Å². The van der Waals surface area contributed by atoms with Crippen LogP contribution in [0.25, 0.3) is 0 Å². The molecule has 2 atom stereocenters. The van der Waals surface area contributed by atoms with Gasteiger partial charge in [-0.2, -0.15) is 0 Å². The normalized spacial score (nSPS) is 20.9. The van der Waals surface area contributed by atoms with E-state index in [9.17, 15) is 0 Å². The first-order valence-electron chi connectivity index (χ1n) is 8.27. The molecule has 1 aliphatic heterocycles. The molecule has 1 heterocycles. The fourth-order valence-corrected chi connectivity index (χ4v) is 3.33. The molecule has 1 saturated heterocycles. The minimum absolute atomic E-state index is 0.0230. The molecular formula is C19H23ClN2O2. The number of halogens is 1. The van der Waals surface area contributed by atoms with Gasteiger partial charge in [0.2, 0.25) is 0 Å². The van der Waals surface area contributed by atoms with E-state index < -0.39 is 0 Å². The summed E-state index contributed by atoms with van der Waals surface area (Å²) >= 11 is 6.03. The van der Waals surface area contributed by atoms with E-state index in [4.69, 9.17) is 21.4 Å². The molecule has 128 valence electrons. The maximum atomic E-state index is 8.85. The van der Waals surface area contributed by atoms with Crippen LogP contribution in [-0.4, -0.2) is 37.5 Å². The molecule has 5 heteroatoms. The first-order chi connectivity index (χ1) is 11.7. The molecule has 1 fully saturated rings. The highest BCUT2D eigenvalue weighted by atomic mass is 35.5. The smallest absolute Gasteiger partial charge is 0.119 e. The van der Waals surface area contributed by atoms with Gasteiger partial charge < -0.3 is 20.1 Å². The van der Waals surface area contributed by atoms with Crippen LogP contribution in [0.5, 0.6) is 5.75 Å². The zero-order valence-corrected chi connectivity index (χ0v) is 14.5. The van der Waals surface area contributed by atoms with E-state index in [1.165, 1.54) is 11.3 Å². The number of hydrogen-bond acceptors (Lipinski definition) is 4. The molecule has 2 unspecified atom stereocenters. The van der Waals surface area contributed by atoms with E-state index in [1.54, 1.807) is 0 Å². The first kappa shape index (κ1) is 17.1. The summed E-state index contributed by atoms with van der Waals surface area (Å²) in [5.74, 6) is 0.777. The SMILES string of the molecule is CC1CNCC(c2ccc(Cl)cc2)N1c1ccc(OCCO)cc1. The van der Waals surface area contributed by atoms with Crippen LogP contribution in [0.4, 0.5) is 5.69 Å². The Labute approximate surface area is 148 Å². The Morgan fingerprint density at radius 1 is 1.12 bits per heavy atom. The number of nitrogens with zero attached hydrogens (tertiary/aromatic N) is 1. The second-order valence-electron chi connectivity index (χ2n) is 6.05. The van der Waals surface area contributed by atoms with Gasteiger partial charge in [0.05, 0.1) is 12.6 Å². The van der Waals surface area contributed by atoms with Crippen molar-refractivity contribution in [2.75, 3.05) is 31.2 Å². The number of anilines is 1. The van der Waals surface area contributed by atoms with Crippen LogP contribution in [0, 0.1) is 0 Å². The quantitative estimate of drug-likeness (QED) is 0.872. The lowest BCUT2D eigenvalue weighted by atomic mass is 9.99. The number of aliphatic hydroxyl groups excluding tert-OH is 1. The molecule has 0 amide bonds. The molecule has 0 aromatic heterocycles. The molecular weight excluding hydrogens is 324 g/mol. The van der Waals surface area contributed by atoms with Crippen molar-refractivity contribution < 1.29 is 9.84 Å². The number of aliphatic hydroxyl groups is 1. The second-order valence-corrected chi connectivity index (χ2v) is 6.48. The zero-order valence-electron chi connectivity index (χ0n) is 13.8. The van der Waals surface area contributed by atoms with E-state index in [1.807, 2.05) is 24.3 Å². The van der Waals surface area contributed by atoms with Gasteiger partial charge in [-0.1, -0.05) is 23.7 Å². The van der Waals surface area contributed by atoms with Gasteiger partial charge in [0.1, 0.15) is 12.4 Å². The summed E-state index contributed by atoms with van der Waals surface area (Å²) in [7, 11) is 0. The number of ether oxygens (including phenoxy) is 1. The Bertz CT molecular complexity index is 645. The number of piperazine rings is 1. The summed E-state index contributed by atoms with van der Waals surface area (Å²) in [6.07, 6.45) is 0. The Morgan fingerprint density at radius 2 is 1.83 bits per heavy atom. The predicted molar refractivity (Wildman–Crippen MR) is 98.0 cm³/mol. The fraction of sp³-hybridized carbons (Fsp3) is 0.368. The minimum atomic E-state index is 0.0230. The predicted octanol–water partition coefficient (Wildman–Crippen LogP) is 3.25. The lowest BCUT2D eigenvalue weighted by molar-refractivity contribution is 0.201. The minimum Gasteiger partial charge on any atom is -0.491 e. The molecule has 1 aliphatic rings. The van der Waals surface area contributed by atoms with E-state index in [0.29, 0.717) is 12.6 Å². The van der Waals surface area contributed by atoms with Crippen molar-refractivity contribution in [3.05, 3.63) is 59.1 Å². The van der Waals surface area contributed by atoms with Crippen LogP contribution < -0.4 is 15.0 Å². The number of nitrogens with one attached hydrogen (secondary N) is 1. The highest BCUT2D eigenvalue weighted by Gasteiger charge is 2.29. The van der Waals surface area contributed by atoms with Crippen LogP contribution >= 0.6 is 11.6 Å². The lowest BCUT2D eigenvalue weighted by Gasteiger charge is -2.43. The summed E-state index contributed by atoms with van der Waals surface area (Å²) < 4.78 is 5.45. The molecule has 0 spiro atoms. The molecule has 2 N–H and O–H groups in total. The average molecular weight is 347 g/mol. The molecule has 0 aliphatic carbocycles. The van der Waals surface area contributed by atoms with Crippen molar-refractivity contribution >= 4 is 17.3 Å². The van der Waals surface area contributed by atoms with Crippen molar-refractivity contribution in [1.82, 2.24) is 5.32 Å². The Balaban J connectivity index is 1.85. The fourth-order valence-electron chi connectivity index (χ4n) is 3.21. The summed E-state index contributed by atoms with van der Waals surface area (Å²) in [6, 6.07) is 16.8. The maximum Gasteiger partial charge on any atom is 0.119 e. The van der Waals surface area contributed by atoms with E-state index in [2.05, 4.69) is 41.4 Å². The molecule has 0 bridgehead atoms. The molecule has 3 rings (SSSR count). The third-order valence-corrected chi connectivity index (χ3v) is 4.59. The molecule has 0 saturated carbocycles. The highest BCUT2D eigenvalue weighted by molar-refractivity contribution is 6.30. The van der Waals surface area contributed by atoms with Crippen molar-refractivity contribution in [3.63, 3.8) is 0 Å². The number of benzene rings is 2. The van der Waals surface area contributed by atoms with Crippen LogP contribution in [-0.2, 0) is 0 Å². The Hall–Kier alpha value is -1.75. The maximum absolute atomic E-state index is 8.85. The standard InChI is InChI=1S/C19H23ClN2O2/c1-14-12-21-13-19(15-2-4-16(20)5-3-15)22(14)17-6-8-18(9-7-17)24-11-10-23/h2-9,14,19,21,23H,10-13H2,1H3. The number of hydrogen-bond donors (Lipinski definition) is 2. The van der Waals surface area contributed by atoms with Crippen molar-refractivity contribution in [1.29, 1.82) is 0 Å². The van der Waals surface area contributed by atoms with Gasteiger partial charge in [-0.25, -0.2) is 0 Å². The van der Waals surface area contributed by atoms with Gasteiger partial charge in [-0.05, 0) is 48.9 Å². The average Bonchev–Trinajstić information content (AvgIpc) is 2.61. The number of rotatable bonds is 5. The second kappa shape index (κ2) is 7.88. The lowest BCUT2D eigenvalue weighted by Crippen LogP contribution is -2.51. The van der Waals surface area contributed by atoms with Gasteiger partial charge in [0.25, 0.3) is 0 Å². The van der Waals surface area contributed by atoms with Crippen LogP contribution in [0.15, 0.2) is 48.5 Å². The Kier molecular flexibility index (Phi) is 5.61. The summed E-state index contributed by atoms with van der Waals surface area (Å²) in [5.41, 5.74) is 2.42. The zero-order chi connectivity index (χ0) is 16.9. The van der Waals surface area contributed by atoms with Crippen LogP contribution in [0.2, 0.25) is 5.02 Å². The van der Waals surface area contributed by atoms with Gasteiger partial charge in [-0.15, -0.1) is 0 Å². The molecule has 0 radical (unpaired) electrons. The van der Waals surface area contributed by atoms with Crippen molar-refractivity contribution in [2.24, 2.45) is 0 Å². The third kappa shape index (κ3) is 3.83. The Morgan fingerprint density at radius 3 is 2.50 bits per heavy atom. The highest BCUT2D eigenvalue weighted by Crippen LogP contribution is 2.32. The summed E-state index contributed by atoms with van der Waals surface area (Å²) in [4.78, 5) is 2.44. The summed E-state index contributed by atoms with van der Waals surface area (Å²) in [6.45, 7) is 4.42. The van der Waals surface area contributed by atoms with E-state index in [-0.39, 0.29) is 12.6 Å². The molecule has 24 heavy (non-hydrogen) atoms. The van der Waals surface area contributed by atoms with Crippen LogP contribution in [0.3, 0.4) is 0 Å². The van der Waals surface area contributed by atoms with Crippen molar-refractivity contribution in [2.45, 2.75) is 19.0 Å². The topological polar surface area (TPSA) is 44.7 Å². The summed E-state index contributed by atoms with van der Waals surface area (Å²) in [5, 5.41) is 13.1. The van der Waals surface area contributed by atoms with Gasteiger partial charge >= 0.3 is 0 Å². The first-order valence-corrected chi connectivity index (χ1v) is 8.65. The van der Waals surface area contributed by atoms with Gasteiger partial charge in [0, 0.05) is 29.8 Å². The third-order valence-electron chi connectivity index (χ3n) is 4.34. The van der Waals surface area contributed by atoms with E-state index in [0.717, 1.165) is 23.9 Å². The van der Waals surface area contributed by atoms with Gasteiger partial charge in [0.15, 0.2) is 0 Å². The molecule has 2 aromatic rings. The van der Waals surface area contributed by atoms with E-state index >= 15 is 0 Å². The largest absolute Gasteiger partial charge is 0.491 e. The van der Waals surface area contributed by atoms with Gasteiger partial charge in [-0.3, -0.25) is 0 Å². The van der Waals surface area contributed by atoms with Crippen LogP contribution in [0.1, 0.15) is 18.5 Å². The monoisotopic (exact) mass is 346 g/mol. The molecule has 2 aromatic carbocycles.